The van der Waals surface area contributed by atoms with Gasteiger partial charge in [-0.1, -0.05) is 60.7 Å². The highest BCUT2D eigenvalue weighted by molar-refractivity contribution is 5.27. The second-order valence-corrected chi connectivity index (χ2v) is 4.76. The van der Waals surface area contributed by atoms with E-state index in [-0.39, 0.29) is 12.1 Å². The van der Waals surface area contributed by atoms with Gasteiger partial charge in [0.15, 0.2) is 0 Å². The third kappa shape index (κ3) is 2.78. The van der Waals surface area contributed by atoms with Gasteiger partial charge in [-0.25, -0.2) is 0 Å². The standard InChI is InChI=1S/C16H20N2/c1-18(2)16(14-11-7-4-8-12-14)15(17)13-9-5-3-6-10-13/h3-12,15-16H,17H2,1-2H3/t15?,16-/m0/s1. The number of hydrogen-bond donors (Lipinski definition) is 1. The van der Waals surface area contributed by atoms with Crippen molar-refractivity contribution in [3.8, 4) is 0 Å². The van der Waals surface area contributed by atoms with Crippen molar-refractivity contribution in [2.24, 2.45) is 5.73 Å². The Morgan fingerprint density at radius 2 is 1.22 bits per heavy atom. The molecule has 2 aromatic rings. The maximum atomic E-state index is 6.43. The summed E-state index contributed by atoms with van der Waals surface area (Å²) < 4.78 is 0. The smallest absolute Gasteiger partial charge is 0.0536 e. The quantitative estimate of drug-likeness (QED) is 0.890. The Morgan fingerprint density at radius 1 is 0.778 bits per heavy atom. The lowest BCUT2D eigenvalue weighted by Gasteiger charge is -2.30. The van der Waals surface area contributed by atoms with Crippen molar-refractivity contribution in [2.75, 3.05) is 14.1 Å². The van der Waals surface area contributed by atoms with Crippen molar-refractivity contribution in [2.45, 2.75) is 12.1 Å². The predicted molar refractivity (Wildman–Crippen MR) is 76.2 cm³/mol. The normalized spacial score (nSPS) is 14.4. The van der Waals surface area contributed by atoms with Gasteiger partial charge in [0.2, 0.25) is 0 Å². The average Bonchev–Trinajstić information content (AvgIpc) is 2.40. The molecule has 0 aliphatic rings. The third-order valence-corrected chi connectivity index (χ3v) is 3.22. The van der Waals surface area contributed by atoms with Crippen LogP contribution in [0.4, 0.5) is 0 Å². The first-order valence-electron chi connectivity index (χ1n) is 6.22. The van der Waals surface area contributed by atoms with Crippen molar-refractivity contribution in [3.05, 3.63) is 71.8 Å². The van der Waals surface area contributed by atoms with E-state index in [9.17, 15) is 0 Å². The maximum absolute atomic E-state index is 6.43. The molecule has 0 aliphatic heterocycles. The van der Waals surface area contributed by atoms with Crippen LogP contribution in [0, 0.1) is 0 Å². The molecule has 2 aromatic carbocycles. The van der Waals surface area contributed by atoms with Crippen LogP contribution in [0.25, 0.3) is 0 Å². The van der Waals surface area contributed by atoms with Crippen LogP contribution in [0.3, 0.4) is 0 Å². The van der Waals surface area contributed by atoms with Crippen molar-refractivity contribution < 1.29 is 0 Å². The van der Waals surface area contributed by atoms with Gasteiger partial charge in [0.25, 0.3) is 0 Å². The molecule has 0 aromatic heterocycles. The highest BCUT2D eigenvalue weighted by Crippen LogP contribution is 2.30. The Labute approximate surface area is 109 Å². The maximum Gasteiger partial charge on any atom is 0.0536 e. The molecule has 0 amide bonds. The SMILES string of the molecule is CN(C)[C@@H](c1ccccc1)C(N)c1ccccc1. The summed E-state index contributed by atoms with van der Waals surface area (Å²) in [6.07, 6.45) is 0. The van der Waals surface area contributed by atoms with Crippen molar-refractivity contribution >= 4 is 0 Å². The molecule has 0 spiro atoms. The molecule has 18 heavy (non-hydrogen) atoms. The van der Waals surface area contributed by atoms with E-state index in [4.69, 9.17) is 5.73 Å². The van der Waals surface area contributed by atoms with E-state index in [1.807, 2.05) is 24.3 Å². The van der Waals surface area contributed by atoms with E-state index >= 15 is 0 Å². The van der Waals surface area contributed by atoms with E-state index in [1.54, 1.807) is 0 Å². The zero-order chi connectivity index (χ0) is 13.0. The molecule has 2 heteroatoms. The molecule has 0 saturated carbocycles. The lowest BCUT2D eigenvalue weighted by molar-refractivity contribution is 0.259. The topological polar surface area (TPSA) is 29.3 Å². The first kappa shape index (κ1) is 12.8. The number of likely N-dealkylation sites (N-methyl/N-ethyl adjacent to an activating group) is 1. The summed E-state index contributed by atoms with van der Waals surface area (Å²) in [6.45, 7) is 0. The summed E-state index contributed by atoms with van der Waals surface area (Å²) in [4.78, 5) is 2.17. The minimum absolute atomic E-state index is 0.0244. The summed E-state index contributed by atoms with van der Waals surface area (Å²) in [5, 5.41) is 0. The van der Waals surface area contributed by atoms with Crippen LogP contribution in [-0.4, -0.2) is 19.0 Å². The van der Waals surface area contributed by atoms with Crippen LogP contribution >= 0.6 is 0 Å². The van der Waals surface area contributed by atoms with Crippen LogP contribution in [0.1, 0.15) is 23.2 Å². The Hall–Kier alpha value is -1.64. The molecule has 0 aliphatic carbocycles. The average molecular weight is 240 g/mol. The van der Waals surface area contributed by atoms with Gasteiger partial charge in [0, 0.05) is 6.04 Å². The van der Waals surface area contributed by atoms with Gasteiger partial charge >= 0.3 is 0 Å². The molecule has 0 fully saturated rings. The molecule has 2 N–H and O–H groups in total. The molecule has 0 saturated heterocycles. The molecule has 2 atom stereocenters. The number of hydrogen-bond acceptors (Lipinski definition) is 2. The lowest BCUT2D eigenvalue weighted by atomic mass is 9.93. The fraction of sp³-hybridized carbons (Fsp3) is 0.250. The molecule has 0 radical (unpaired) electrons. The molecule has 1 unspecified atom stereocenters. The van der Waals surface area contributed by atoms with E-state index in [2.05, 4.69) is 55.4 Å². The Kier molecular flexibility index (Phi) is 4.13. The van der Waals surface area contributed by atoms with Gasteiger partial charge in [0.1, 0.15) is 0 Å². The molecule has 94 valence electrons. The van der Waals surface area contributed by atoms with Crippen LogP contribution in [0.5, 0.6) is 0 Å². The molecular weight excluding hydrogens is 220 g/mol. The lowest BCUT2D eigenvalue weighted by Crippen LogP contribution is -2.31. The minimum atomic E-state index is -0.0244. The van der Waals surface area contributed by atoms with E-state index in [0.29, 0.717) is 0 Å². The van der Waals surface area contributed by atoms with Gasteiger partial charge in [-0.05, 0) is 25.2 Å². The summed E-state index contributed by atoms with van der Waals surface area (Å²) in [5.41, 5.74) is 8.85. The van der Waals surface area contributed by atoms with E-state index in [1.165, 1.54) is 11.1 Å². The molecule has 0 bridgehead atoms. The van der Waals surface area contributed by atoms with Gasteiger partial charge < -0.3 is 10.6 Å². The Morgan fingerprint density at radius 3 is 1.67 bits per heavy atom. The first-order valence-corrected chi connectivity index (χ1v) is 6.22. The number of nitrogens with two attached hydrogens (primary N) is 1. The van der Waals surface area contributed by atoms with E-state index < -0.39 is 0 Å². The summed E-state index contributed by atoms with van der Waals surface area (Å²) >= 11 is 0. The van der Waals surface area contributed by atoms with Crippen molar-refractivity contribution in [1.29, 1.82) is 0 Å². The van der Waals surface area contributed by atoms with Gasteiger partial charge in [-0.15, -0.1) is 0 Å². The number of rotatable bonds is 4. The van der Waals surface area contributed by atoms with Crippen LogP contribution in [0.2, 0.25) is 0 Å². The Balaban J connectivity index is 2.32. The zero-order valence-corrected chi connectivity index (χ0v) is 11.0. The van der Waals surface area contributed by atoms with Gasteiger partial charge in [-0.2, -0.15) is 0 Å². The monoisotopic (exact) mass is 240 g/mol. The molecule has 2 rings (SSSR count). The predicted octanol–water partition coefficient (Wildman–Crippen LogP) is 2.99. The van der Waals surface area contributed by atoms with Crippen LogP contribution in [-0.2, 0) is 0 Å². The molecule has 2 nitrogen and oxygen atoms in total. The van der Waals surface area contributed by atoms with E-state index in [0.717, 1.165) is 0 Å². The van der Waals surface area contributed by atoms with Crippen LogP contribution in [0.15, 0.2) is 60.7 Å². The van der Waals surface area contributed by atoms with Crippen molar-refractivity contribution in [1.82, 2.24) is 4.90 Å². The van der Waals surface area contributed by atoms with Crippen molar-refractivity contribution in [3.63, 3.8) is 0 Å². The molecular formula is C16H20N2. The fourth-order valence-electron chi connectivity index (χ4n) is 2.33. The minimum Gasteiger partial charge on any atom is -0.322 e. The van der Waals surface area contributed by atoms with Gasteiger partial charge in [0.05, 0.1) is 6.04 Å². The largest absolute Gasteiger partial charge is 0.322 e. The second kappa shape index (κ2) is 5.80. The summed E-state index contributed by atoms with van der Waals surface area (Å²) in [7, 11) is 4.14. The summed E-state index contributed by atoms with van der Waals surface area (Å²) in [5.74, 6) is 0. The third-order valence-electron chi connectivity index (χ3n) is 3.22. The number of benzene rings is 2. The Bertz CT molecular complexity index is 465. The zero-order valence-electron chi connectivity index (χ0n) is 11.0. The highest BCUT2D eigenvalue weighted by atomic mass is 15.1. The number of nitrogens with zero attached hydrogens (tertiary/aromatic N) is 1. The fourth-order valence-corrected chi connectivity index (χ4v) is 2.33. The summed E-state index contributed by atoms with van der Waals surface area (Å²) in [6, 6.07) is 20.8. The highest BCUT2D eigenvalue weighted by Gasteiger charge is 2.22. The second-order valence-electron chi connectivity index (χ2n) is 4.76. The molecule has 0 heterocycles. The van der Waals surface area contributed by atoms with Crippen LogP contribution < -0.4 is 5.73 Å². The van der Waals surface area contributed by atoms with Gasteiger partial charge in [-0.3, -0.25) is 0 Å². The first-order chi connectivity index (χ1) is 8.70.